The molecule has 2 N–H and O–H groups in total. The molecule has 2 aliphatic heterocycles. The molecule has 2 aliphatic rings. The molecule has 0 spiro atoms. The van der Waals surface area contributed by atoms with Crippen LogP contribution in [0.3, 0.4) is 0 Å². The van der Waals surface area contributed by atoms with Crippen molar-refractivity contribution in [3.63, 3.8) is 0 Å². The van der Waals surface area contributed by atoms with E-state index in [2.05, 4.69) is 48.3 Å². The number of aliphatic hydroxyl groups excluding tert-OH is 1. The van der Waals surface area contributed by atoms with Crippen molar-refractivity contribution in [3.05, 3.63) is 89.0 Å². The van der Waals surface area contributed by atoms with Gasteiger partial charge in [-0.1, -0.05) is 75.9 Å². The van der Waals surface area contributed by atoms with Crippen molar-refractivity contribution in [1.29, 1.82) is 0 Å². The van der Waals surface area contributed by atoms with Gasteiger partial charge in [-0.2, -0.15) is 0 Å². The minimum atomic E-state index is -3.63. The van der Waals surface area contributed by atoms with Crippen LogP contribution in [0.25, 0.3) is 0 Å². The van der Waals surface area contributed by atoms with E-state index < -0.39 is 27.3 Å². The zero-order valence-electron chi connectivity index (χ0n) is 28.2. The number of benzene rings is 3. The van der Waals surface area contributed by atoms with Crippen LogP contribution in [0.15, 0.2) is 71.6 Å². The number of nitrogens with one attached hydrogen (secondary N) is 1. The maximum Gasteiger partial charge on any atom is 0.179 e. The van der Waals surface area contributed by atoms with E-state index in [-0.39, 0.29) is 5.75 Å². The predicted octanol–water partition coefficient (Wildman–Crippen LogP) is 6.38. The topological polar surface area (TPSA) is 82.1 Å². The summed E-state index contributed by atoms with van der Waals surface area (Å²) in [7, 11) is 0.280. The van der Waals surface area contributed by atoms with E-state index in [0.29, 0.717) is 29.9 Å². The molecule has 0 unspecified atom stereocenters. The number of nitrogens with zero attached hydrogens (tertiary/aromatic N) is 2. The monoisotopic (exact) mass is 647 g/mol. The largest absolute Gasteiger partial charge is 0.489 e. The highest BCUT2D eigenvalue weighted by atomic mass is 32.2. The van der Waals surface area contributed by atoms with Gasteiger partial charge in [0.25, 0.3) is 0 Å². The molecule has 5 rings (SSSR count). The lowest BCUT2D eigenvalue weighted by molar-refractivity contribution is 0.0127. The molecule has 2 atom stereocenters. The van der Waals surface area contributed by atoms with Gasteiger partial charge in [0, 0.05) is 63.8 Å². The van der Waals surface area contributed by atoms with E-state index >= 15 is 0 Å². The Kier molecular flexibility index (Phi) is 11.5. The second-order valence-corrected chi connectivity index (χ2v) is 15.5. The lowest BCUT2D eigenvalue weighted by atomic mass is 9.68. The summed E-state index contributed by atoms with van der Waals surface area (Å²) in [6.45, 7) is 9.94. The minimum Gasteiger partial charge on any atom is -0.489 e. The van der Waals surface area contributed by atoms with E-state index in [9.17, 15) is 13.5 Å². The number of piperazine rings is 1. The quantitative estimate of drug-likeness (QED) is 0.223. The second kappa shape index (κ2) is 15.3. The fourth-order valence-corrected chi connectivity index (χ4v) is 9.39. The summed E-state index contributed by atoms with van der Waals surface area (Å²) in [5.74, 6) is 0.245. The first kappa shape index (κ1) is 34.4. The number of ether oxygens (including phenoxy) is 1. The molecule has 7 nitrogen and oxygen atoms in total. The number of rotatable bonds is 13. The summed E-state index contributed by atoms with van der Waals surface area (Å²) in [6, 6.07) is 22.2. The second-order valence-electron chi connectivity index (χ2n) is 13.6. The van der Waals surface area contributed by atoms with E-state index in [1.807, 2.05) is 55.4 Å². The zero-order chi connectivity index (χ0) is 32.7. The number of anilines is 1. The molecule has 0 aliphatic carbocycles. The number of hydrogen-bond acceptors (Lipinski definition) is 7. The molecule has 0 amide bonds. The van der Waals surface area contributed by atoms with Gasteiger partial charge in [-0.3, -0.25) is 4.90 Å². The number of aliphatic hydroxyl groups is 1. The van der Waals surface area contributed by atoms with Gasteiger partial charge >= 0.3 is 0 Å². The van der Waals surface area contributed by atoms with E-state index in [1.165, 1.54) is 5.56 Å². The van der Waals surface area contributed by atoms with Crippen LogP contribution in [0.1, 0.15) is 80.5 Å². The van der Waals surface area contributed by atoms with Crippen LogP contribution in [0.4, 0.5) is 5.69 Å². The summed E-state index contributed by atoms with van der Waals surface area (Å²) in [4.78, 5) is 4.80. The number of sulfone groups is 1. The Hall–Kier alpha value is -2.91. The fourth-order valence-electron chi connectivity index (χ4n) is 7.20. The molecule has 3 aromatic rings. The van der Waals surface area contributed by atoms with Crippen molar-refractivity contribution in [2.75, 3.05) is 50.9 Å². The third kappa shape index (κ3) is 7.96. The van der Waals surface area contributed by atoms with Crippen LogP contribution in [0.2, 0.25) is 0 Å². The van der Waals surface area contributed by atoms with Crippen LogP contribution >= 0.6 is 0 Å². The van der Waals surface area contributed by atoms with Gasteiger partial charge in [0.05, 0.1) is 16.8 Å². The summed E-state index contributed by atoms with van der Waals surface area (Å²) in [5.41, 5.74) is 4.20. The average molecular weight is 648 g/mol. The first-order valence-electron chi connectivity index (χ1n) is 17.1. The maximum atomic E-state index is 14.1. The summed E-state index contributed by atoms with van der Waals surface area (Å²) in [6.07, 6.45) is 4.19. The first-order valence-corrected chi connectivity index (χ1v) is 18.8. The molecule has 0 aromatic heterocycles. The highest BCUT2D eigenvalue weighted by molar-refractivity contribution is 7.91. The van der Waals surface area contributed by atoms with Crippen LogP contribution in [0.5, 0.6) is 5.75 Å². The highest BCUT2D eigenvalue weighted by Crippen LogP contribution is 2.50. The van der Waals surface area contributed by atoms with Gasteiger partial charge < -0.3 is 20.1 Å². The zero-order valence-corrected chi connectivity index (χ0v) is 29.0. The molecule has 0 bridgehead atoms. The highest BCUT2D eigenvalue weighted by Gasteiger charge is 2.49. The summed E-state index contributed by atoms with van der Waals surface area (Å²) >= 11 is 0. The van der Waals surface area contributed by atoms with Gasteiger partial charge in [0.1, 0.15) is 12.4 Å². The Labute approximate surface area is 276 Å². The Morgan fingerprint density at radius 2 is 1.54 bits per heavy atom. The van der Waals surface area contributed by atoms with E-state index in [0.717, 1.165) is 81.0 Å². The molecule has 0 saturated carbocycles. The van der Waals surface area contributed by atoms with Crippen molar-refractivity contribution in [2.24, 2.45) is 5.41 Å². The van der Waals surface area contributed by atoms with Gasteiger partial charge in [0.15, 0.2) is 9.84 Å². The molecule has 2 heterocycles. The van der Waals surface area contributed by atoms with Crippen molar-refractivity contribution >= 4 is 15.5 Å². The van der Waals surface area contributed by atoms with Crippen LogP contribution in [-0.4, -0.2) is 70.6 Å². The van der Waals surface area contributed by atoms with E-state index in [1.54, 1.807) is 6.07 Å². The fraction of sp³-hybridized carbons (Fsp3) is 0.526. The third-order valence-electron chi connectivity index (χ3n) is 9.94. The van der Waals surface area contributed by atoms with Crippen molar-refractivity contribution in [3.8, 4) is 5.75 Å². The molecule has 1 fully saturated rings. The van der Waals surface area contributed by atoms with Gasteiger partial charge in [-0.15, -0.1) is 0 Å². The van der Waals surface area contributed by atoms with Crippen molar-refractivity contribution in [2.45, 2.75) is 82.4 Å². The SMILES string of the molecule is CCCCC1(CCCC)CS(=O)(=O)c2ccc(N(C)C)cc2[C@@H](c2ccc(OCc3ccc(CN4CCNCC4)cc3)cc2)[C@H]1O. The van der Waals surface area contributed by atoms with Crippen LogP contribution < -0.4 is 15.0 Å². The third-order valence-corrected chi connectivity index (χ3v) is 11.9. The molecular weight excluding hydrogens is 595 g/mol. The predicted molar refractivity (Wildman–Crippen MR) is 188 cm³/mol. The van der Waals surface area contributed by atoms with Crippen LogP contribution in [0, 0.1) is 5.41 Å². The smallest absolute Gasteiger partial charge is 0.179 e. The number of fused-ring (bicyclic) bond motifs is 1. The van der Waals surface area contributed by atoms with Gasteiger partial charge in [0.2, 0.25) is 0 Å². The lowest BCUT2D eigenvalue weighted by Gasteiger charge is -2.40. The minimum absolute atomic E-state index is 0.0266. The van der Waals surface area contributed by atoms with E-state index in [4.69, 9.17) is 4.74 Å². The van der Waals surface area contributed by atoms with Gasteiger partial charge in [-0.25, -0.2) is 8.42 Å². The van der Waals surface area contributed by atoms with Gasteiger partial charge in [-0.05, 0) is 65.4 Å². The normalized spacial score (nSPS) is 20.9. The summed E-state index contributed by atoms with van der Waals surface area (Å²) in [5, 5.41) is 15.8. The Balaban J connectivity index is 1.41. The maximum absolute atomic E-state index is 14.1. The molecule has 0 radical (unpaired) electrons. The molecular formula is C38H53N3O4S. The molecule has 8 heteroatoms. The van der Waals surface area contributed by atoms with Crippen molar-refractivity contribution in [1.82, 2.24) is 10.2 Å². The number of hydrogen-bond donors (Lipinski definition) is 2. The lowest BCUT2D eigenvalue weighted by Crippen LogP contribution is -2.43. The molecule has 250 valence electrons. The van der Waals surface area contributed by atoms with Crippen LogP contribution in [-0.2, 0) is 23.0 Å². The summed E-state index contributed by atoms with van der Waals surface area (Å²) < 4.78 is 34.4. The molecule has 3 aromatic carbocycles. The first-order chi connectivity index (χ1) is 22.2. The Bertz CT molecular complexity index is 1510. The molecule has 1 saturated heterocycles. The Morgan fingerprint density at radius 3 is 2.15 bits per heavy atom. The average Bonchev–Trinajstić information content (AvgIpc) is 3.13. The Morgan fingerprint density at radius 1 is 0.913 bits per heavy atom. The standard InChI is InChI=1S/C38H53N3O4S/c1-5-7-19-38(20-8-6-2)28-46(43,44)35-18-15-32(40(3)4)25-34(35)36(37(38)42)31-13-16-33(17-14-31)45-27-30-11-9-29(10-12-30)26-41-23-21-39-22-24-41/h9-18,25,36-37,39,42H,5-8,19-24,26-28H2,1-4H3/t36-,37-/m1/s1. The molecule has 46 heavy (non-hydrogen) atoms. The van der Waals surface area contributed by atoms with Crippen molar-refractivity contribution < 1.29 is 18.3 Å². The number of unbranched alkanes of at least 4 members (excludes halogenated alkanes) is 2.